The maximum absolute atomic E-state index is 12.9. The third-order valence-corrected chi connectivity index (χ3v) is 5.97. The van der Waals surface area contributed by atoms with Crippen molar-refractivity contribution in [2.24, 2.45) is 0 Å². The standard InChI is InChI=1S/C18H21ClN2O3S2/c1-4-16(18(22)20-15-10-5-6-11-17(15)25-2)21(26(3,23)24)14-9-7-8-13(19)12-14/h5-12,16H,4H2,1-3H3,(H,20,22)/t16-/m0/s1. The number of para-hydroxylation sites is 1. The predicted octanol–water partition coefficient (Wildman–Crippen LogP) is 4.25. The van der Waals surface area contributed by atoms with Gasteiger partial charge in [-0.1, -0.05) is 36.7 Å². The van der Waals surface area contributed by atoms with Crippen LogP contribution in [0, 0.1) is 0 Å². The third kappa shape index (κ3) is 4.93. The van der Waals surface area contributed by atoms with E-state index in [1.54, 1.807) is 31.2 Å². The van der Waals surface area contributed by atoms with Crippen LogP contribution in [0.2, 0.25) is 5.02 Å². The minimum absolute atomic E-state index is 0.312. The summed E-state index contributed by atoms with van der Waals surface area (Å²) in [7, 11) is -3.69. The minimum atomic E-state index is -3.69. The Bertz CT molecular complexity index is 888. The molecule has 0 heterocycles. The number of rotatable bonds is 7. The van der Waals surface area contributed by atoms with Gasteiger partial charge in [-0.25, -0.2) is 8.42 Å². The molecule has 1 N–H and O–H groups in total. The summed E-state index contributed by atoms with van der Waals surface area (Å²) in [6.45, 7) is 1.77. The molecule has 0 saturated heterocycles. The Labute approximate surface area is 163 Å². The fraction of sp³-hybridized carbons (Fsp3) is 0.278. The van der Waals surface area contributed by atoms with Gasteiger partial charge in [0.25, 0.3) is 0 Å². The van der Waals surface area contributed by atoms with Gasteiger partial charge < -0.3 is 5.32 Å². The number of carbonyl (C=O) groups excluding carboxylic acids is 1. The smallest absolute Gasteiger partial charge is 0.248 e. The Morgan fingerprint density at radius 3 is 2.50 bits per heavy atom. The zero-order chi connectivity index (χ0) is 19.3. The van der Waals surface area contributed by atoms with Gasteiger partial charge in [-0.2, -0.15) is 0 Å². The van der Waals surface area contributed by atoms with E-state index in [-0.39, 0.29) is 5.91 Å². The van der Waals surface area contributed by atoms with Crippen LogP contribution >= 0.6 is 23.4 Å². The van der Waals surface area contributed by atoms with Gasteiger partial charge in [0.2, 0.25) is 15.9 Å². The molecule has 1 amide bonds. The molecule has 0 aliphatic heterocycles. The van der Waals surface area contributed by atoms with Crippen LogP contribution in [-0.2, 0) is 14.8 Å². The fourth-order valence-electron chi connectivity index (χ4n) is 2.64. The van der Waals surface area contributed by atoms with E-state index in [0.717, 1.165) is 15.5 Å². The monoisotopic (exact) mass is 412 g/mol. The molecule has 26 heavy (non-hydrogen) atoms. The zero-order valence-electron chi connectivity index (χ0n) is 14.8. The molecule has 1 atom stereocenters. The highest BCUT2D eigenvalue weighted by Gasteiger charge is 2.31. The number of amides is 1. The quantitative estimate of drug-likeness (QED) is 0.690. The van der Waals surface area contributed by atoms with Crippen molar-refractivity contribution < 1.29 is 13.2 Å². The van der Waals surface area contributed by atoms with E-state index in [9.17, 15) is 13.2 Å². The van der Waals surface area contributed by atoms with Gasteiger partial charge >= 0.3 is 0 Å². The molecule has 8 heteroatoms. The van der Waals surface area contributed by atoms with E-state index in [1.807, 2.05) is 24.5 Å². The Balaban J connectivity index is 2.40. The average molecular weight is 413 g/mol. The lowest BCUT2D eigenvalue weighted by Crippen LogP contribution is -2.47. The van der Waals surface area contributed by atoms with Gasteiger partial charge in [0.15, 0.2) is 0 Å². The van der Waals surface area contributed by atoms with E-state index in [1.165, 1.54) is 17.8 Å². The molecule has 0 spiro atoms. The van der Waals surface area contributed by atoms with Crippen molar-refractivity contribution >= 4 is 50.7 Å². The number of carbonyl (C=O) groups is 1. The summed E-state index contributed by atoms with van der Waals surface area (Å²) in [6.07, 6.45) is 3.31. The number of anilines is 2. The van der Waals surface area contributed by atoms with E-state index in [4.69, 9.17) is 11.6 Å². The van der Waals surface area contributed by atoms with Gasteiger partial charge in [0.1, 0.15) is 6.04 Å². The summed E-state index contributed by atoms with van der Waals surface area (Å²) in [5.41, 5.74) is 1.02. The third-order valence-electron chi connectivity index (χ3n) is 3.76. The van der Waals surface area contributed by atoms with E-state index in [0.29, 0.717) is 22.8 Å². The number of sulfonamides is 1. The second kappa shape index (κ2) is 8.79. The number of halogens is 1. The van der Waals surface area contributed by atoms with E-state index < -0.39 is 16.1 Å². The van der Waals surface area contributed by atoms with Crippen molar-refractivity contribution in [3.8, 4) is 0 Å². The zero-order valence-corrected chi connectivity index (χ0v) is 17.2. The van der Waals surface area contributed by atoms with E-state index in [2.05, 4.69) is 5.32 Å². The molecule has 0 saturated carbocycles. The topological polar surface area (TPSA) is 66.5 Å². The van der Waals surface area contributed by atoms with Gasteiger partial charge in [-0.3, -0.25) is 9.10 Å². The Morgan fingerprint density at radius 1 is 1.23 bits per heavy atom. The van der Waals surface area contributed by atoms with Crippen LogP contribution in [0.5, 0.6) is 0 Å². The Kier molecular flexibility index (Phi) is 6.97. The minimum Gasteiger partial charge on any atom is -0.323 e. The van der Waals surface area contributed by atoms with Gasteiger partial charge in [0.05, 0.1) is 17.6 Å². The summed E-state index contributed by atoms with van der Waals surface area (Å²) in [4.78, 5) is 13.8. The molecule has 0 aliphatic rings. The SMILES string of the molecule is CC[C@@H](C(=O)Nc1ccccc1SC)N(c1cccc(Cl)c1)S(C)(=O)=O. The first-order chi connectivity index (χ1) is 12.3. The summed E-state index contributed by atoms with van der Waals surface area (Å²) < 4.78 is 26.0. The van der Waals surface area contributed by atoms with Gasteiger partial charge in [0, 0.05) is 9.92 Å². The lowest BCUT2D eigenvalue weighted by molar-refractivity contribution is -0.117. The van der Waals surface area contributed by atoms with E-state index >= 15 is 0 Å². The molecule has 0 unspecified atom stereocenters. The first-order valence-corrected chi connectivity index (χ1v) is 11.4. The van der Waals surface area contributed by atoms with Crippen LogP contribution in [-0.4, -0.2) is 32.9 Å². The number of nitrogens with one attached hydrogen (secondary N) is 1. The number of nitrogens with zero attached hydrogens (tertiary/aromatic N) is 1. The Hall–Kier alpha value is -1.70. The molecular formula is C18H21ClN2O3S2. The van der Waals surface area contributed by atoms with Crippen LogP contribution in [0.4, 0.5) is 11.4 Å². The van der Waals surface area contributed by atoms with Gasteiger partial charge in [-0.15, -0.1) is 11.8 Å². The number of hydrogen-bond acceptors (Lipinski definition) is 4. The summed E-state index contributed by atoms with van der Waals surface area (Å²) in [6, 6.07) is 13.0. The average Bonchev–Trinajstić information content (AvgIpc) is 2.58. The molecule has 0 aliphatic carbocycles. The van der Waals surface area contributed by atoms with Crippen molar-refractivity contribution in [3.05, 3.63) is 53.6 Å². The highest BCUT2D eigenvalue weighted by molar-refractivity contribution is 7.98. The fourth-order valence-corrected chi connectivity index (χ4v) is 4.58. The molecule has 2 aromatic carbocycles. The summed E-state index contributed by atoms with van der Waals surface area (Å²) in [5.74, 6) is -0.389. The molecule has 2 rings (SSSR count). The highest BCUT2D eigenvalue weighted by Crippen LogP contribution is 2.28. The molecule has 0 aromatic heterocycles. The number of thioether (sulfide) groups is 1. The molecule has 0 radical (unpaired) electrons. The molecule has 5 nitrogen and oxygen atoms in total. The molecule has 140 valence electrons. The first kappa shape index (κ1) is 20.6. The van der Waals surface area contributed by atoms with Crippen LogP contribution in [0.1, 0.15) is 13.3 Å². The van der Waals surface area contributed by atoms with Crippen molar-refractivity contribution in [3.63, 3.8) is 0 Å². The lowest BCUT2D eigenvalue weighted by atomic mass is 10.2. The second-order valence-electron chi connectivity index (χ2n) is 5.65. The maximum atomic E-state index is 12.9. The van der Waals surface area contributed by atoms with Crippen LogP contribution < -0.4 is 9.62 Å². The maximum Gasteiger partial charge on any atom is 0.248 e. The predicted molar refractivity (Wildman–Crippen MR) is 110 cm³/mol. The number of hydrogen-bond donors (Lipinski definition) is 1. The van der Waals surface area contributed by atoms with Crippen LogP contribution in [0.15, 0.2) is 53.4 Å². The van der Waals surface area contributed by atoms with Crippen molar-refractivity contribution in [2.75, 3.05) is 22.1 Å². The summed E-state index contributed by atoms with van der Waals surface area (Å²) >= 11 is 7.52. The molecule has 0 bridgehead atoms. The van der Waals surface area contributed by atoms with Crippen LogP contribution in [0.25, 0.3) is 0 Å². The lowest BCUT2D eigenvalue weighted by Gasteiger charge is -2.30. The van der Waals surface area contributed by atoms with Crippen molar-refractivity contribution in [2.45, 2.75) is 24.3 Å². The van der Waals surface area contributed by atoms with Gasteiger partial charge in [-0.05, 0) is 43.0 Å². The molecule has 0 fully saturated rings. The van der Waals surface area contributed by atoms with Crippen molar-refractivity contribution in [1.82, 2.24) is 0 Å². The van der Waals surface area contributed by atoms with Crippen molar-refractivity contribution in [1.29, 1.82) is 0 Å². The second-order valence-corrected chi connectivity index (χ2v) is 8.80. The summed E-state index contributed by atoms with van der Waals surface area (Å²) in [5, 5.41) is 3.25. The normalized spacial score (nSPS) is 12.5. The van der Waals surface area contributed by atoms with Crippen LogP contribution in [0.3, 0.4) is 0 Å². The number of benzene rings is 2. The highest BCUT2D eigenvalue weighted by atomic mass is 35.5. The largest absolute Gasteiger partial charge is 0.323 e. The molecule has 2 aromatic rings. The molecular weight excluding hydrogens is 392 g/mol. The first-order valence-electron chi connectivity index (χ1n) is 7.96. The Morgan fingerprint density at radius 2 is 1.92 bits per heavy atom.